The van der Waals surface area contributed by atoms with E-state index in [0.717, 1.165) is 0 Å². The lowest BCUT2D eigenvalue weighted by atomic mass is 10.1. The van der Waals surface area contributed by atoms with Gasteiger partial charge in [0.2, 0.25) is 0 Å². The van der Waals surface area contributed by atoms with Crippen molar-refractivity contribution in [1.82, 2.24) is 0 Å². The van der Waals surface area contributed by atoms with Gasteiger partial charge in [0, 0.05) is 33.2 Å². The summed E-state index contributed by atoms with van der Waals surface area (Å²) in [5.74, 6) is -0.423. The van der Waals surface area contributed by atoms with Gasteiger partial charge in [-0.15, -0.1) is 0 Å². The zero-order valence-corrected chi connectivity index (χ0v) is 13.3. The van der Waals surface area contributed by atoms with Crippen LogP contribution in [0.15, 0.2) is 34.8 Å². The normalized spacial score (nSPS) is 10.5. The van der Waals surface area contributed by atoms with Crippen molar-refractivity contribution >= 4 is 38.9 Å². The Morgan fingerprint density at radius 2 is 2.14 bits per heavy atom. The van der Waals surface area contributed by atoms with Crippen molar-refractivity contribution in [1.29, 1.82) is 0 Å². The lowest BCUT2D eigenvalue weighted by Crippen LogP contribution is -2.04. The number of rotatable bonds is 4. The molecular formula is C14H11BrClFN2O2. The molecule has 0 saturated carbocycles. The van der Waals surface area contributed by atoms with Gasteiger partial charge in [0.25, 0.3) is 5.69 Å². The number of halogens is 3. The molecule has 0 amide bonds. The maximum atomic E-state index is 13.7. The molecule has 0 aliphatic rings. The molecular weight excluding hydrogens is 363 g/mol. The number of hydrogen-bond acceptors (Lipinski definition) is 3. The molecule has 2 rings (SSSR count). The quantitative estimate of drug-likeness (QED) is 0.601. The Labute approximate surface area is 134 Å². The topological polar surface area (TPSA) is 55.2 Å². The summed E-state index contributed by atoms with van der Waals surface area (Å²) < 4.78 is 14.3. The number of nitro groups is 1. The van der Waals surface area contributed by atoms with Crippen LogP contribution in [0.3, 0.4) is 0 Å². The SMILES string of the molecule is Cc1cc(Br)c(NCc2c(F)cccc2Cl)cc1[N+](=O)[O-]. The van der Waals surface area contributed by atoms with Crippen molar-refractivity contribution in [2.75, 3.05) is 5.32 Å². The Bertz CT molecular complexity index is 689. The molecule has 2 aromatic carbocycles. The van der Waals surface area contributed by atoms with Crippen LogP contribution in [-0.2, 0) is 6.54 Å². The molecule has 0 atom stereocenters. The Morgan fingerprint density at radius 1 is 1.43 bits per heavy atom. The number of aryl methyl sites for hydroxylation is 1. The Balaban J connectivity index is 2.28. The van der Waals surface area contributed by atoms with E-state index >= 15 is 0 Å². The number of hydrogen-bond donors (Lipinski definition) is 1. The third-order valence-corrected chi connectivity index (χ3v) is 4.01. The maximum absolute atomic E-state index is 13.7. The fourth-order valence-corrected chi connectivity index (χ4v) is 2.71. The minimum absolute atomic E-state index is 0.000306. The van der Waals surface area contributed by atoms with Gasteiger partial charge < -0.3 is 5.32 Å². The Morgan fingerprint density at radius 3 is 2.76 bits per heavy atom. The molecule has 0 fully saturated rings. The molecule has 0 radical (unpaired) electrons. The third kappa shape index (κ3) is 3.51. The first kappa shape index (κ1) is 15.7. The van der Waals surface area contributed by atoms with E-state index in [0.29, 0.717) is 26.3 Å². The van der Waals surface area contributed by atoms with E-state index in [4.69, 9.17) is 11.6 Å². The monoisotopic (exact) mass is 372 g/mol. The molecule has 21 heavy (non-hydrogen) atoms. The molecule has 0 aromatic heterocycles. The van der Waals surface area contributed by atoms with Crippen LogP contribution >= 0.6 is 27.5 Å². The fraction of sp³-hybridized carbons (Fsp3) is 0.143. The molecule has 0 spiro atoms. The highest BCUT2D eigenvalue weighted by Gasteiger charge is 2.15. The van der Waals surface area contributed by atoms with E-state index < -0.39 is 10.7 Å². The van der Waals surface area contributed by atoms with Crippen LogP contribution in [0.4, 0.5) is 15.8 Å². The second-order valence-corrected chi connectivity index (χ2v) is 5.69. The summed E-state index contributed by atoms with van der Waals surface area (Å²) in [5, 5.41) is 14.2. The van der Waals surface area contributed by atoms with Crippen molar-refractivity contribution in [3.05, 3.63) is 66.9 Å². The van der Waals surface area contributed by atoms with Gasteiger partial charge in [-0.2, -0.15) is 0 Å². The molecule has 0 bridgehead atoms. The predicted molar refractivity (Wildman–Crippen MR) is 84.3 cm³/mol. The number of benzene rings is 2. The van der Waals surface area contributed by atoms with Crippen LogP contribution in [0.25, 0.3) is 0 Å². The molecule has 0 saturated heterocycles. The summed E-state index contributed by atoms with van der Waals surface area (Å²) in [6.07, 6.45) is 0. The van der Waals surface area contributed by atoms with Crippen molar-refractivity contribution in [2.24, 2.45) is 0 Å². The first-order chi connectivity index (χ1) is 9.90. The zero-order chi connectivity index (χ0) is 15.6. The van der Waals surface area contributed by atoms with Gasteiger partial charge in [-0.1, -0.05) is 17.7 Å². The average Bonchev–Trinajstić information content (AvgIpc) is 2.39. The summed E-state index contributed by atoms with van der Waals surface area (Å²) >= 11 is 9.27. The van der Waals surface area contributed by atoms with Gasteiger partial charge in [0.15, 0.2) is 0 Å². The van der Waals surface area contributed by atoms with E-state index in [1.807, 2.05) is 0 Å². The first-order valence-corrected chi connectivity index (χ1v) is 7.18. The first-order valence-electron chi connectivity index (χ1n) is 6.01. The number of anilines is 1. The zero-order valence-electron chi connectivity index (χ0n) is 11.0. The molecule has 7 heteroatoms. The van der Waals surface area contributed by atoms with Crippen LogP contribution < -0.4 is 5.32 Å². The average molecular weight is 374 g/mol. The van der Waals surface area contributed by atoms with E-state index in [1.54, 1.807) is 19.1 Å². The molecule has 0 heterocycles. The predicted octanol–water partition coefficient (Wildman–Crippen LogP) is 5.07. The van der Waals surface area contributed by atoms with Crippen LogP contribution in [-0.4, -0.2) is 4.92 Å². The van der Waals surface area contributed by atoms with Crippen molar-refractivity contribution in [3.63, 3.8) is 0 Å². The highest BCUT2D eigenvalue weighted by atomic mass is 79.9. The van der Waals surface area contributed by atoms with E-state index in [1.165, 1.54) is 18.2 Å². The van der Waals surface area contributed by atoms with E-state index in [2.05, 4.69) is 21.2 Å². The van der Waals surface area contributed by atoms with Crippen LogP contribution in [0.1, 0.15) is 11.1 Å². The highest BCUT2D eigenvalue weighted by Crippen LogP contribution is 2.31. The summed E-state index contributed by atoms with van der Waals surface area (Å²) in [7, 11) is 0. The Hall–Kier alpha value is -1.66. The summed E-state index contributed by atoms with van der Waals surface area (Å²) in [5.41, 5.74) is 1.36. The fourth-order valence-electron chi connectivity index (χ4n) is 1.88. The molecule has 1 N–H and O–H groups in total. The number of nitrogens with one attached hydrogen (secondary N) is 1. The smallest absolute Gasteiger partial charge is 0.274 e. The van der Waals surface area contributed by atoms with Gasteiger partial charge in [-0.3, -0.25) is 10.1 Å². The van der Waals surface area contributed by atoms with Crippen LogP contribution in [0.2, 0.25) is 5.02 Å². The largest absolute Gasteiger partial charge is 0.380 e. The van der Waals surface area contributed by atoms with Gasteiger partial charge in [0.1, 0.15) is 5.82 Å². The molecule has 0 unspecified atom stereocenters. The number of nitro benzene ring substituents is 1. The summed E-state index contributed by atoms with van der Waals surface area (Å²) in [6.45, 7) is 1.78. The van der Waals surface area contributed by atoms with Crippen LogP contribution in [0, 0.1) is 22.9 Å². The van der Waals surface area contributed by atoms with Crippen LogP contribution in [0.5, 0.6) is 0 Å². The van der Waals surface area contributed by atoms with Gasteiger partial charge >= 0.3 is 0 Å². The van der Waals surface area contributed by atoms with Crippen molar-refractivity contribution in [2.45, 2.75) is 13.5 Å². The molecule has 0 aliphatic carbocycles. The summed E-state index contributed by atoms with van der Waals surface area (Å²) in [4.78, 5) is 10.5. The second kappa shape index (κ2) is 6.41. The van der Waals surface area contributed by atoms with Gasteiger partial charge in [0.05, 0.1) is 10.6 Å². The van der Waals surface area contributed by atoms with E-state index in [9.17, 15) is 14.5 Å². The second-order valence-electron chi connectivity index (χ2n) is 4.43. The minimum atomic E-state index is -0.455. The molecule has 4 nitrogen and oxygen atoms in total. The third-order valence-electron chi connectivity index (χ3n) is 3.00. The maximum Gasteiger partial charge on any atom is 0.274 e. The molecule has 2 aromatic rings. The van der Waals surface area contributed by atoms with Crippen molar-refractivity contribution < 1.29 is 9.31 Å². The lowest BCUT2D eigenvalue weighted by molar-refractivity contribution is -0.385. The minimum Gasteiger partial charge on any atom is -0.380 e. The molecule has 110 valence electrons. The molecule has 0 aliphatic heterocycles. The summed E-state index contributed by atoms with van der Waals surface area (Å²) in [6, 6.07) is 7.48. The standard InChI is InChI=1S/C14H11BrClFN2O2/c1-8-5-10(15)13(6-14(8)19(20)21)18-7-9-11(16)3-2-4-12(9)17/h2-6,18H,7H2,1H3. The number of nitrogens with zero attached hydrogens (tertiary/aromatic N) is 1. The van der Waals surface area contributed by atoms with E-state index in [-0.39, 0.29) is 12.2 Å². The van der Waals surface area contributed by atoms with Gasteiger partial charge in [-0.25, -0.2) is 4.39 Å². The lowest BCUT2D eigenvalue weighted by Gasteiger charge is -2.11. The highest BCUT2D eigenvalue weighted by molar-refractivity contribution is 9.10. The van der Waals surface area contributed by atoms with Gasteiger partial charge in [-0.05, 0) is 41.1 Å². The van der Waals surface area contributed by atoms with Crippen molar-refractivity contribution in [3.8, 4) is 0 Å². The Kier molecular flexibility index (Phi) is 4.80.